The first-order chi connectivity index (χ1) is 8.56. The van der Waals surface area contributed by atoms with E-state index in [0.717, 1.165) is 6.54 Å². The first-order valence-electron chi connectivity index (χ1n) is 6.81. The fraction of sp³-hybridized carbons (Fsp3) is 0.600. The average Bonchev–Trinajstić information content (AvgIpc) is 2.37. The molecular formula is C15H23BrN2. The number of aryl methyl sites for hydroxylation is 2. The molecule has 0 spiro atoms. The second-order valence-electron chi connectivity index (χ2n) is 5.59. The zero-order valence-corrected chi connectivity index (χ0v) is 12.9. The number of hydrogen-bond donors (Lipinski definition) is 2. The van der Waals surface area contributed by atoms with Crippen LogP contribution in [0.15, 0.2) is 16.6 Å². The van der Waals surface area contributed by atoms with Crippen LogP contribution in [0.2, 0.25) is 0 Å². The van der Waals surface area contributed by atoms with Crippen molar-refractivity contribution in [2.24, 2.45) is 5.73 Å². The van der Waals surface area contributed by atoms with Crippen LogP contribution in [0.5, 0.6) is 0 Å². The smallest absolute Gasteiger partial charge is 0.0495 e. The summed E-state index contributed by atoms with van der Waals surface area (Å²) in [6.07, 6.45) is 6.31. The molecule has 3 heteroatoms. The van der Waals surface area contributed by atoms with Gasteiger partial charge in [-0.3, -0.25) is 0 Å². The summed E-state index contributed by atoms with van der Waals surface area (Å²) in [4.78, 5) is 0. The highest BCUT2D eigenvalue weighted by molar-refractivity contribution is 9.10. The summed E-state index contributed by atoms with van der Waals surface area (Å²) < 4.78 is 1.21. The van der Waals surface area contributed by atoms with Gasteiger partial charge in [0.2, 0.25) is 0 Å². The van der Waals surface area contributed by atoms with E-state index in [2.05, 4.69) is 47.2 Å². The summed E-state index contributed by atoms with van der Waals surface area (Å²) in [5.41, 5.74) is 9.90. The standard InChI is InChI=1S/C15H23BrN2/c1-11-8-13(9-12(2)14(11)16)18-15(10-17)6-4-3-5-7-15/h8-9,18H,3-7,10,17H2,1-2H3. The molecule has 0 atom stereocenters. The van der Waals surface area contributed by atoms with Crippen LogP contribution in [0.4, 0.5) is 5.69 Å². The number of rotatable bonds is 3. The van der Waals surface area contributed by atoms with Gasteiger partial charge in [-0.05, 0) is 49.9 Å². The predicted octanol–water partition coefficient (Wildman–Crippen LogP) is 4.14. The van der Waals surface area contributed by atoms with Gasteiger partial charge < -0.3 is 11.1 Å². The molecule has 0 radical (unpaired) electrons. The fourth-order valence-electron chi connectivity index (χ4n) is 2.93. The van der Waals surface area contributed by atoms with Crippen LogP contribution >= 0.6 is 15.9 Å². The van der Waals surface area contributed by atoms with Crippen LogP contribution in [-0.4, -0.2) is 12.1 Å². The van der Waals surface area contributed by atoms with Crippen molar-refractivity contribution in [3.05, 3.63) is 27.7 Å². The Morgan fingerprint density at radius 3 is 2.22 bits per heavy atom. The van der Waals surface area contributed by atoms with E-state index in [1.807, 2.05) is 0 Å². The Bertz CT molecular complexity index is 399. The number of benzene rings is 1. The summed E-state index contributed by atoms with van der Waals surface area (Å²) >= 11 is 3.62. The van der Waals surface area contributed by atoms with Crippen LogP contribution in [-0.2, 0) is 0 Å². The third-order valence-corrected chi connectivity index (χ3v) is 5.30. The maximum atomic E-state index is 6.02. The fourth-order valence-corrected chi connectivity index (χ4v) is 3.16. The van der Waals surface area contributed by atoms with Gasteiger partial charge in [0.1, 0.15) is 0 Å². The number of nitrogens with two attached hydrogens (primary N) is 1. The van der Waals surface area contributed by atoms with Gasteiger partial charge >= 0.3 is 0 Å². The molecule has 1 aromatic carbocycles. The second-order valence-corrected chi connectivity index (χ2v) is 6.39. The lowest BCUT2D eigenvalue weighted by atomic mass is 9.81. The maximum absolute atomic E-state index is 6.02. The number of hydrogen-bond acceptors (Lipinski definition) is 2. The molecule has 0 bridgehead atoms. The normalized spacial score (nSPS) is 18.7. The van der Waals surface area contributed by atoms with Crippen molar-refractivity contribution < 1.29 is 0 Å². The molecule has 1 aliphatic rings. The molecule has 1 fully saturated rings. The Balaban J connectivity index is 2.21. The summed E-state index contributed by atoms with van der Waals surface area (Å²) in [6.45, 7) is 5.00. The monoisotopic (exact) mass is 310 g/mol. The van der Waals surface area contributed by atoms with Gasteiger partial charge in [-0.15, -0.1) is 0 Å². The minimum atomic E-state index is 0.116. The summed E-state index contributed by atoms with van der Waals surface area (Å²) in [5.74, 6) is 0. The molecule has 0 aliphatic heterocycles. The first kappa shape index (κ1) is 13.9. The van der Waals surface area contributed by atoms with E-state index < -0.39 is 0 Å². The third-order valence-electron chi connectivity index (χ3n) is 4.05. The van der Waals surface area contributed by atoms with Crippen molar-refractivity contribution in [2.75, 3.05) is 11.9 Å². The molecular weight excluding hydrogens is 288 g/mol. The quantitative estimate of drug-likeness (QED) is 0.880. The van der Waals surface area contributed by atoms with Gasteiger partial charge in [0, 0.05) is 22.2 Å². The zero-order valence-electron chi connectivity index (χ0n) is 11.4. The summed E-state index contributed by atoms with van der Waals surface area (Å²) in [6, 6.07) is 4.42. The van der Waals surface area contributed by atoms with E-state index in [-0.39, 0.29) is 5.54 Å². The molecule has 0 aromatic heterocycles. The van der Waals surface area contributed by atoms with Crippen LogP contribution < -0.4 is 11.1 Å². The van der Waals surface area contributed by atoms with Crippen molar-refractivity contribution in [1.29, 1.82) is 0 Å². The lowest BCUT2D eigenvalue weighted by Gasteiger charge is -2.38. The van der Waals surface area contributed by atoms with Gasteiger partial charge in [0.25, 0.3) is 0 Å². The van der Waals surface area contributed by atoms with Gasteiger partial charge in [-0.2, -0.15) is 0 Å². The highest BCUT2D eigenvalue weighted by Gasteiger charge is 2.30. The predicted molar refractivity (Wildman–Crippen MR) is 82.1 cm³/mol. The van der Waals surface area contributed by atoms with E-state index in [1.165, 1.54) is 53.4 Å². The van der Waals surface area contributed by atoms with E-state index in [9.17, 15) is 0 Å². The largest absolute Gasteiger partial charge is 0.378 e. The van der Waals surface area contributed by atoms with Gasteiger partial charge in [0.15, 0.2) is 0 Å². The van der Waals surface area contributed by atoms with Crippen molar-refractivity contribution in [3.8, 4) is 0 Å². The lowest BCUT2D eigenvalue weighted by Crippen LogP contribution is -2.47. The minimum absolute atomic E-state index is 0.116. The topological polar surface area (TPSA) is 38.0 Å². The SMILES string of the molecule is Cc1cc(NC2(CN)CCCCC2)cc(C)c1Br. The molecule has 2 nitrogen and oxygen atoms in total. The molecule has 0 saturated heterocycles. The Kier molecular flexibility index (Phi) is 4.33. The van der Waals surface area contributed by atoms with E-state index in [4.69, 9.17) is 5.73 Å². The van der Waals surface area contributed by atoms with Gasteiger partial charge in [-0.25, -0.2) is 0 Å². The Morgan fingerprint density at radius 1 is 1.17 bits per heavy atom. The highest BCUT2D eigenvalue weighted by Crippen LogP contribution is 2.33. The highest BCUT2D eigenvalue weighted by atomic mass is 79.9. The Morgan fingerprint density at radius 2 is 1.72 bits per heavy atom. The molecule has 0 heterocycles. The number of anilines is 1. The summed E-state index contributed by atoms with van der Waals surface area (Å²) in [7, 11) is 0. The summed E-state index contributed by atoms with van der Waals surface area (Å²) in [5, 5.41) is 3.71. The molecule has 2 rings (SSSR count). The molecule has 0 unspecified atom stereocenters. The molecule has 1 aromatic rings. The Labute approximate surface area is 118 Å². The van der Waals surface area contributed by atoms with E-state index in [1.54, 1.807) is 0 Å². The van der Waals surface area contributed by atoms with Crippen LogP contribution in [0.3, 0.4) is 0 Å². The van der Waals surface area contributed by atoms with Crippen molar-refractivity contribution in [2.45, 2.75) is 51.5 Å². The Hall–Kier alpha value is -0.540. The van der Waals surface area contributed by atoms with Gasteiger partial charge in [-0.1, -0.05) is 35.2 Å². The van der Waals surface area contributed by atoms with Crippen molar-refractivity contribution >= 4 is 21.6 Å². The van der Waals surface area contributed by atoms with Crippen molar-refractivity contribution in [3.63, 3.8) is 0 Å². The second kappa shape index (κ2) is 5.62. The van der Waals surface area contributed by atoms with Crippen LogP contribution in [0.1, 0.15) is 43.2 Å². The van der Waals surface area contributed by atoms with E-state index >= 15 is 0 Å². The van der Waals surface area contributed by atoms with Crippen molar-refractivity contribution in [1.82, 2.24) is 0 Å². The minimum Gasteiger partial charge on any atom is -0.378 e. The molecule has 18 heavy (non-hydrogen) atoms. The van der Waals surface area contributed by atoms with Gasteiger partial charge in [0.05, 0.1) is 0 Å². The molecule has 3 N–H and O–H groups in total. The molecule has 100 valence electrons. The lowest BCUT2D eigenvalue weighted by molar-refractivity contribution is 0.331. The number of halogens is 1. The molecule has 0 amide bonds. The molecule has 1 aliphatic carbocycles. The number of nitrogens with one attached hydrogen (secondary N) is 1. The molecule has 1 saturated carbocycles. The first-order valence-corrected chi connectivity index (χ1v) is 7.61. The van der Waals surface area contributed by atoms with Crippen LogP contribution in [0.25, 0.3) is 0 Å². The van der Waals surface area contributed by atoms with E-state index in [0.29, 0.717) is 0 Å². The maximum Gasteiger partial charge on any atom is 0.0495 e. The third kappa shape index (κ3) is 2.89. The van der Waals surface area contributed by atoms with Crippen LogP contribution in [0, 0.1) is 13.8 Å². The zero-order chi connectivity index (χ0) is 13.2. The average molecular weight is 311 g/mol.